The highest BCUT2D eigenvalue weighted by Crippen LogP contribution is 2.34. The van der Waals surface area contributed by atoms with Gasteiger partial charge in [-0.2, -0.15) is 5.10 Å². The zero-order valence-corrected chi connectivity index (χ0v) is 15.3. The van der Waals surface area contributed by atoms with E-state index in [1.165, 1.54) is 0 Å². The molecule has 2 amide bonds. The SMILES string of the molecule is CC(C)n1nccc1-c1cn2c(n1)-c1ccc(CNC(N)=O)cc1OCC2. The lowest BCUT2D eigenvalue weighted by atomic mass is 10.1. The number of primary amides is 1. The first-order valence-corrected chi connectivity index (χ1v) is 8.93. The van der Waals surface area contributed by atoms with Crippen molar-refractivity contribution in [3.8, 4) is 28.5 Å². The molecule has 1 aliphatic heterocycles. The standard InChI is InChI=1S/C19H22N6O2/c1-12(2)25-16(5-6-22-25)15-11-24-7-8-27-17-9-13(10-21-19(20)26)3-4-14(17)18(24)23-15/h3-6,9,11-12H,7-8,10H2,1-2H3,(H3,20,21,26). The maximum Gasteiger partial charge on any atom is 0.312 e. The summed E-state index contributed by atoms with van der Waals surface area (Å²) in [5.41, 5.74) is 8.88. The Morgan fingerprint density at radius 3 is 3.00 bits per heavy atom. The number of ether oxygens (including phenoxy) is 1. The monoisotopic (exact) mass is 366 g/mol. The Labute approximate surface area is 157 Å². The van der Waals surface area contributed by atoms with Crippen molar-refractivity contribution in [1.29, 1.82) is 0 Å². The third-order valence-corrected chi connectivity index (χ3v) is 4.54. The first-order chi connectivity index (χ1) is 13.0. The Morgan fingerprint density at radius 1 is 1.37 bits per heavy atom. The number of benzene rings is 1. The number of nitrogens with two attached hydrogens (primary N) is 1. The summed E-state index contributed by atoms with van der Waals surface area (Å²) in [4.78, 5) is 15.8. The van der Waals surface area contributed by atoms with Crippen LogP contribution in [0.15, 0.2) is 36.7 Å². The molecule has 0 saturated carbocycles. The number of fused-ring (bicyclic) bond motifs is 3. The van der Waals surface area contributed by atoms with Gasteiger partial charge in [-0.05, 0) is 37.6 Å². The second kappa shape index (κ2) is 6.79. The minimum atomic E-state index is -0.548. The average molecular weight is 366 g/mol. The topological polar surface area (TPSA) is 100.0 Å². The lowest BCUT2D eigenvalue weighted by Crippen LogP contribution is -2.28. The molecule has 3 N–H and O–H groups in total. The maximum absolute atomic E-state index is 10.9. The molecule has 2 aromatic heterocycles. The Balaban J connectivity index is 1.72. The summed E-state index contributed by atoms with van der Waals surface area (Å²) in [5.74, 6) is 1.62. The molecule has 0 unspecified atom stereocenters. The number of carbonyl (C=O) groups excluding carboxylic acids is 1. The number of urea groups is 1. The molecule has 140 valence electrons. The molecule has 0 spiro atoms. The van der Waals surface area contributed by atoms with Crippen LogP contribution in [0.3, 0.4) is 0 Å². The molecule has 8 nitrogen and oxygen atoms in total. The largest absolute Gasteiger partial charge is 0.491 e. The van der Waals surface area contributed by atoms with Crippen LogP contribution in [0, 0.1) is 0 Å². The highest BCUT2D eigenvalue weighted by atomic mass is 16.5. The van der Waals surface area contributed by atoms with Crippen molar-refractivity contribution in [3.05, 3.63) is 42.2 Å². The molecular weight excluding hydrogens is 344 g/mol. The van der Waals surface area contributed by atoms with Crippen molar-refractivity contribution >= 4 is 6.03 Å². The highest BCUT2D eigenvalue weighted by Gasteiger charge is 2.21. The number of rotatable bonds is 4. The van der Waals surface area contributed by atoms with E-state index < -0.39 is 6.03 Å². The fourth-order valence-electron chi connectivity index (χ4n) is 3.28. The number of nitrogens with zero attached hydrogens (tertiary/aromatic N) is 4. The first kappa shape index (κ1) is 17.1. The van der Waals surface area contributed by atoms with Crippen molar-refractivity contribution in [3.63, 3.8) is 0 Å². The molecule has 0 bridgehead atoms. The Kier molecular flexibility index (Phi) is 4.31. The van der Waals surface area contributed by atoms with Gasteiger partial charge in [0.2, 0.25) is 0 Å². The van der Waals surface area contributed by atoms with Crippen LogP contribution in [-0.2, 0) is 13.1 Å². The van der Waals surface area contributed by atoms with Gasteiger partial charge in [0.15, 0.2) is 0 Å². The number of nitrogens with one attached hydrogen (secondary N) is 1. The summed E-state index contributed by atoms with van der Waals surface area (Å²) in [5, 5.41) is 7.00. The van der Waals surface area contributed by atoms with Gasteiger partial charge >= 0.3 is 6.03 Å². The van der Waals surface area contributed by atoms with Crippen LogP contribution in [-0.4, -0.2) is 32.0 Å². The molecule has 3 aromatic rings. The maximum atomic E-state index is 10.9. The van der Waals surface area contributed by atoms with E-state index in [4.69, 9.17) is 15.5 Å². The molecule has 0 radical (unpaired) electrons. The fraction of sp³-hybridized carbons (Fsp3) is 0.316. The van der Waals surface area contributed by atoms with Crippen LogP contribution in [0.2, 0.25) is 0 Å². The van der Waals surface area contributed by atoms with Crippen molar-refractivity contribution in [2.45, 2.75) is 33.0 Å². The second-order valence-corrected chi connectivity index (χ2v) is 6.79. The van der Waals surface area contributed by atoms with Gasteiger partial charge in [-0.1, -0.05) is 6.07 Å². The fourth-order valence-corrected chi connectivity index (χ4v) is 3.28. The summed E-state index contributed by atoms with van der Waals surface area (Å²) in [7, 11) is 0. The van der Waals surface area contributed by atoms with Gasteiger partial charge < -0.3 is 20.4 Å². The number of imidazole rings is 1. The molecule has 0 atom stereocenters. The van der Waals surface area contributed by atoms with Gasteiger partial charge in [-0.15, -0.1) is 0 Å². The van der Waals surface area contributed by atoms with Crippen LogP contribution in [0.1, 0.15) is 25.5 Å². The predicted octanol–water partition coefficient (Wildman–Crippen LogP) is 2.56. The molecule has 1 aliphatic rings. The highest BCUT2D eigenvalue weighted by molar-refractivity contribution is 5.72. The molecule has 0 aliphatic carbocycles. The molecule has 3 heterocycles. The summed E-state index contributed by atoms with van der Waals surface area (Å²) < 4.78 is 9.99. The number of hydrogen-bond acceptors (Lipinski definition) is 4. The predicted molar refractivity (Wildman–Crippen MR) is 101 cm³/mol. The average Bonchev–Trinajstić information content (AvgIpc) is 3.24. The van der Waals surface area contributed by atoms with Crippen molar-refractivity contribution in [1.82, 2.24) is 24.6 Å². The van der Waals surface area contributed by atoms with E-state index in [1.807, 2.05) is 35.1 Å². The van der Waals surface area contributed by atoms with E-state index in [0.717, 1.165) is 34.1 Å². The van der Waals surface area contributed by atoms with Gasteiger partial charge in [-0.3, -0.25) is 4.68 Å². The number of amides is 2. The van der Waals surface area contributed by atoms with Crippen LogP contribution in [0.25, 0.3) is 22.8 Å². The summed E-state index contributed by atoms with van der Waals surface area (Å²) >= 11 is 0. The Hall–Kier alpha value is -3.29. The first-order valence-electron chi connectivity index (χ1n) is 8.93. The summed E-state index contributed by atoms with van der Waals surface area (Å²) in [6, 6.07) is 7.54. The van der Waals surface area contributed by atoms with Gasteiger partial charge in [0, 0.05) is 25.0 Å². The number of aromatic nitrogens is 4. The molecular formula is C19H22N6O2. The smallest absolute Gasteiger partial charge is 0.312 e. The quantitative estimate of drug-likeness (QED) is 0.741. The normalized spacial score (nSPS) is 12.9. The van der Waals surface area contributed by atoms with Crippen molar-refractivity contribution in [2.75, 3.05) is 6.61 Å². The van der Waals surface area contributed by atoms with E-state index in [1.54, 1.807) is 6.20 Å². The zero-order valence-electron chi connectivity index (χ0n) is 15.3. The van der Waals surface area contributed by atoms with E-state index in [-0.39, 0.29) is 6.04 Å². The van der Waals surface area contributed by atoms with Crippen LogP contribution in [0.5, 0.6) is 5.75 Å². The third-order valence-electron chi connectivity index (χ3n) is 4.54. The molecule has 27 heavy (non-hydrogen) atoms. The Bertz CT molecular complexity index is 988. The summed E-state index contributed by atoms with van der Waals surface area (Å²) in [6.07, 6.45) is 3.85. The van der Waals surface area contributed by atoms with Gasteiger partial charge in [-0.25, -0.2) is 9.78 Å². The van der Waals surface area contributed by atoms with Gasteiger partial charge in [0.1, 0.15) is 23.9 Å². The number of carbonyl (C=O) groups is 1. The molecule has 0 saturated heterocycles. The van der Waals surface area contributed by atoms with Crippen molar-refractivity contribution in [2.24, 2.45) is 5.73 Å². The minimum absolute atomic E-state index is 0.257. The van der Waals surface area contributed by atoms with Gasteiger partial charge in [0.25, 0.3) is 0 Å². The molecule has 4 rings (SSSR count). The number of hydrogen-bond donors (Lipinski definition) is 2. The molecule has 8 heteroatoms. The molecule has 1 aromatic carbocycles. The zero-order chi connectivity index (χ0) is 19.0. The van der Waals surface area contributed by atoms with Crippen molar-refractivity contribution < 1.29 is 9.53 Å². The lowest BCUT2D eigenvalue weighted by molar-refractivity contribution is 0.248. The van der Waals surface area contributed by atoms with E-state index in [9.17, 15) is 4.79 Å². The summed E-state index contributed by atoms with van der Waals surface area (Å²) in [6.45, 7) is 5.82. The minimum Gasteiger partial charge on any atom is -0.491 e. The van der Waals surface area contributed by atoms with E-state index >= 15 is 0 Å². The van der Waals surface area contributed by atoms with Crippen LogP contribution >= 0.6 is 0 Å². The van der Waals surface area contributed by atoms with Gasteiger partial charge in [0.05, 0.1) is 17.8 Å². The third kappa shape index (κ3) is 3.25. The van der Waals surface area contributed by atoms with Crippen LogP contribution < -0.4 is 15.8 Å². The Morgan fingerprint density at radius 2 is 2.22 bits per heavy atom. The van der Waals surface area contributed by atoms with E-state index in [2.05, 4.69) is 28.8 Å². The van der Waals surface area contributed by atoms with Crippen LogP contribution in [0.4, 0.5) is 4.79 Å². The lowest BCUT2D eigenvalue weighted by Gasteiger charge is -2.10. The van der Waals surface area contributed by atoms with E-state index in [0.29, 0.717) is 19.7 Å². The molecule has 0 fully saturated rings. The second-order valence-electron chi connectivity index (χ2n) is 6.79.